The molecule has 1 aromatic carbocycles. The average Bonchev–Trinajstić information content (AvgIpc) is 2.96. The van der Waals surface area contributed by atoms with Gasteiger partial charge in [0, 0.05) is 30.7 Å². The van der Waals surface area contributed by atoms with Crippen LogP contribution in [0.1, 0.15) is 32.3 Å². The molecule has 24 heavy (non-hydrogen) atoms. The Kier molecular flexibility index (Phi) is 10.2. The predicted octanol–water partition coefficient (Wildman–Crippen LogP) is 3.67. The molecule has 1 unspecified atom stereocenters. The van der Waals surface area contributed by atoms with E-state index in [1.165, 1.54) is 5.56 Å². The number of nitrogens with zero attached hydrogens (tertiary/aromatic N) is 2. The van der Waals surface area contributed by atoms with Crippen molar-refractivity contribution in [1.29, 1.82) is 0 Å². The first-order valence-electron chi connectivity index (χ1n) is 8.58. The first kappa shape index (κ1) is 21.7. The van der Waals surface area contributed by atoms with E-state index in [-0.39, 0.29) is 30.1 Å². The number of guanidine groups is 1. The number of benzene rings is 1. The lowest BCUT2D eigenvalue weighted by Gasteiger charge is -2.22. The molecule has 0 aromatic heterocycles. The monoisotopic (exact) mass is 509 g/mol. The molecule has 1 aliphatic rings. The fourth-order valence-corrected chi connectivity index (χ4v) is 3.36. The molecule has 136 valence electrons. The van der Waals surface area contributed by atoms with Crippen molar-refractivity contribution in [2.45, 2.75) is 39.2 Å². The van der Waals surface area contributed by atoms with Crippen LogP contribution < -0.4 is 5.32 Å². The van der Waals surface area contributed by atoms with Crippen LogP contribution in [0, 0.1) is 5.92 Å². The molecule has 6 heteroatoms. The zero-order valence-corrected chi connectivity index (χ0v) is 18.5. The van der Waals surface area contributed by atoms with Crippen LogP contribution in [0.15, 0.2) is 33.7 Å². The average molecular weight is 510 g/mol. The normalized spacial score (nSPS) is 19.1. The van der Waals surface area contributed by atoms with Crippen molar-refractivity contribution in [3.63, 3.8) is 0 Å². The van der Waals surface area contributed by atoms with Crippen LogP contribution in [0.4, 0.5) is 0 Å². The summed E-state index contributed by atoms with van der Waals surface area (Å²) < 4.78 is 1.13. The number of hydrogen-bond donors (Lipinski definition) is 2. The maximum atomic E-state index is 9.73. The van der Waals surface area contributed by atoms with E-state index < -0.39 is 0 Å². The molecule has 0 amide bonds. The van der Waals surface area contributed by atoms with E-state index in [0.717, 1.165) is 49.3 Å². The molecule has 0 aliphatic carbocycles. The van der Waals surface area contributed by atoms with Crippen molar-refractivity contribution < 1.29 is 5.11 Å². The van der Waals surface area contributed by atoms with Crippen LogP contribution in [0.5, 0.6) is 0 Å². The third-order valence-electron chi connectivity index (χ3n) is 4.29. The minimum Gasteiger partial charge on any atom is -0.391 e. The largest absolute Gasteiger partial charge is 0.391 e. The molecule has 0 saturated carbocycles. The van der Waals surface area contributed by atoms with Gasteiger partial charge in [-0.3, -0.25) is 4.99 Å². The third kappa shape index (κ3) is 6.88. The lowest BCUT2D eigenvalue weighted by atomic mass is 9.97. The number of aliphatic imine (C=N–C) groups is 1. The Bertz CT molecular complexity index is 527. The molecule has 1 aliphatic heterocycles. The number of nitrogens with one attached hydrogen (secondary N) is 1. The maximum absolute atomic E-state index is 9.73. The zero-order chi connectivity index (χ0) is 16.7. The molecule has 0 bridgehead atoms. The van der Waals surface area contributed by atoms with Gasteiger partial charge in [0.1, 0.15) is 0 Å². The number of aliphatic hydroxyl groups excluding tert-OH is 1. The second-order valence-electron chi connectivity index (χ2n) is 6.19. The molecule has 2 N–H and O–H groups in total. The van der Waals surface area contributed by atoms with E-state index in [1.807, 2.05) is 0 Å². The van der Waals surface area contributed by atoms with Gasteiger partial charge in [-0.05, 0) is 43.4 Å². The van der Waals surface area contributed by atoms with Gasteiger partial charge in [-0.25, -0.2) is 0 Å². The Labute approximate surface area is 171 Å². The third-order valence-corrected chi connectivity index (χ3v) is 4.78. The molecule has 4 nitrogen and oxygen atoms in total. The first-order chi connectivity index (χ1) is 11.1. The van der Waals surface area contributed by atoms with Crippen molar-refractivity contribution >= 4 is 45.9 Å². The van der Waals surface area contributed by atoms with Crippen LogP contribution in [-0.2, 0) is 6.42 Å². The van der Waals surface area contributed by atoms with Crippen LogP contribution >= 0.6 is 39.9 Å². The minimum atomic E-state index is -0.220. The van der Waals surface area contributed by atoms with Gasteiger partial charge in [-0.15, -0.1) is 24.0 Å². The van der Waals surface area contributed by atoms with E-state index in [0.29, 0.717) is 12.5 Å². The molecular formula is C18H29BrIN3O. The van der Waals surface area contributed by atoms with Crippen molar-refractivity contribution in [2.75, 3.05) is 26.2 Å². The Morgan fingerprint density at radius 2 is 2.25 bits per heavy atom. The van der Waals surface area contributed by atoms with Gasteiger partial charge in [0.15, 0.2) is 5.96 Å². The van der Waals surface area contributed by atoms with Gasteiger partial charge in [-0.1, -0.05) is 41.4 Å². The molecule has 0 spiro atoms. The van der Waals surface area contributed by atoms with E-state index in [9.17, 15) is 5.11 Å². The summed E-state index contributed by atoms with van der Waals surface area (Å²) in [7, 11) is 0. The van der Waals surface area contributed by atoms with E-state index in [2.05, 4.69) is 64.3 Å². The minimum absolute atomic E-state index is 0. The molecular weight excluding hydrogens is 481 g/mol. The number of aliphatic hydroxyl groups is 1. The van der Waals surface area contributed by atoms with Gasteiger partial charge >= 0.3 is 0 Å². The van der Waals surface area contributed by atoms with Crippen LogP contribution in [0.3, 0.4) is 0 Å². The number of hydrogen-bond acceptors (Lipinski definition) is 2. The summed E-state index contributed by atoms with van der Waals surface area (Å²) in [4.78, 5) is 6.99. The van der Waals surface area contributed by atoms with Crippen molar-refractivity contribution in [1.82, 2.24) is 10.2 Å². The molecule has 1 aromatic rings. The molecule has 1 heterocycles. The maximum Gasteiger partial charge on any atom is 0.194 e. The highest BCUT2D eigenvalue weighted by Gasteiger charge is 2.23. The van der Waals surface area contributed by atoms with Crippen LogP contribution in [0.25, 0.3) is 0 Å². The Morgan fingerprint density at radius 3 is 2.83 bits per heavy atom. The van der Waals surface area contributed by atoms with Gasteiger partial charge in [-0.2, -0.15) is 0 Å². The Hall–Kier alpha value is -0.340. The summed E-state index contributed by atoms with van der Waals surface area (Å²) in [5.74, 6) is 1.47. The standard InChI is InChI=1S/C18H28BrN3O.HI/c1-3-14(10-15-6-5-7-16(19)11-15)12-21-18(20-4-2)22-9-8-17(23)13-22;/h5-7,11,14,17,23H,3-4,8-10,12-13H2,1-2H3,(H,20,21);1H/t14?,17-;/m1./s1. The Balaban J connectivity index is 0.00000288. The SMILES string of the molecule is CCNC(=NCC(CC)Cc1cccc(Br)c1)N1CC[C@@H](O)C1.I. The highest BCUT2D eigenvalue weighted by molar-refractivity contribution is 14.0. The van der Waals surface area contributed by atoms with Crippen molar-refractivity contribution in [3.8, 4) is 0 Å². The predicted molar refractivity (Wildman–Crippen MR) is 115 cm³/mol. The number of rotatable bonds is 6. The van der Waals surface area contributed by atoms with Crippen molar-refractivity contribution in [2.24, 2.45) is 10.9 Å². The quantitative estimate of drug-likeness (QED) is 0.349. The summed E-state index contributed by atoms with van der Waals surface area (Å²) in [5, 5.41) is 13.1. The summed E-state index contributed by atoms with van der Waals surface area (Å²) in [5.41, 5.74) is 1.35. The van der Waals surface area contributed by atoms with E-state index >= 15 is 0 Å². The van der Waals surface area contributed by atoms with Gasteiger partial charge in [0.25, 0.3) is 0 Å². The summed E-state index contributed by atoms with van der Waals surface area (Å²) in [6, 6.07) is 8.52. The second-order valence-corrected chi connectivity index (χ2v) is 7.11. The van der Waals surface area contributed by atoms with Crippen LogP contribution in [0.2, 0.25) is 0 Å². The summed E-state index contributed by atoms with van der Waals surface area (Å²) in [6.45, 7) is 7.56. The fraction of sp³-hybridized carbons (Fsp3) is 0.611. The lowest BCUT2D eigenvalue weighted by Crippen LogP contribution is -2.40. The molecule has 1 fully saturated rings. The summed E-state index contributed by atoms with van der Waals surface area (Å²) >= 11 is 3.54. The van der Waals surface area contributed by atoms with Crippen LogP contribution in [-0.4, -0.2) is 48.2 Å². The number of β-amino-alcohol motifs (C(OH)–C–C–N with tert-alkyl or cyclic N) is 1. The van der Waals surface area contributed by atoms with E-state index in [4.69, 9.17) is 4.99 Å². The molecule has 0 radical (unpaired) electrons. The molecule has 2 atom stereocenters. The summed E-state index contributed by atoms with van der Waals surface area (Å²) in [6.07, 6.45) is 2.77. The molecule has 1 saturated heterocycles. The Morgan fingerprint density at radius 1 is 1.46 bits per heavy atom. The smallest absolute Gasteiger partial charge is 0.194 e. The second kappa shape index (κ2) is 11.3. The number of halogens is 2. The highest BCUT2D eigenvalue weighted by Crippen LogP contribution is 2.17. The lowest BCUT2D eigenvalue weighted by molar-refractivity contribution is 0.187. The molecule has 2 rings (SSSR count). The fourth-order valence-electron chi connectivity index (χ4n) is 2.91. The van der Waals surface area contributed by atoms with Gasteiger partial charge in [0.2, 0.25) is 0 Å². The van der Waals surface area contributed by atoms with Crippen molar-refractivity contribution in [3.05, 3.63) is 34.3 Å². The topological polar surface area (TPSA) is 47.9 Å². The highest BCUT2D eigenvalue weighted by atomic mass is 127. The first-order valence-corrected chi connectivity index (χ1v) is 9.37. The van der Waals surface area contributed by atoms with Gasteiger partial charge < -0.3 is 15.3 Å². The van der Waals surface area contributed by atoms with Gasteiger partial charge in [0.05, 0.1) is 6.10 Å². The number of likely N-dealkylation sites (tertiary alicyclic amines) is 1. The van der Waals surface area contributed by atoms with E-state index in [1.54, 1.807) is 0 Å². The zero-order valence-electron chi connectivity index (χ0n) is 14.5.